The van der Waals surface area contributed by atoms with E-state index in [-0.39, 0.29) is 6.04 Å². The lowest BCUT2D eigenvalue weighted by atomic mass is 9.87. The van der Waals surface area contributed by atoms with E-state index in [1.165, 1.54) is 18.4 Å². The minimum absolute atomic E-state index is 0.272. The molecule has 0 radical (unpaired) electrons. The molecule has 28 heavy (non-hydrogen) atoms. The van der Waals surface area contributed by atoms with Gasteiger partial charge in [-0.25, -0.2) is 0 Å². The van der Waals surface area contributed by atoms with Gasteiger partial charge >= 0.3 is 0 Å². The highest BCUT2D eigenvalue weighted by Crippen LogP contribution is 2.38. The molecule has 0 saturated carbocycles. The maximum atomic E-state index is 5.68. The smallest absolute Gasteiger partial charge is 0.193 e. The van der Waals surface area contributed by atoms with Gasteiger partial charge in [0, 0.05) is 38.7 Å². The van der Waals surface area contributed by atoms with Crippen molar-refractivity contribution < 1.29 is 9.47 Å². The van der Waals surface area contributed by atoms with E-state index in [1.807, 2.05) is 13.1 Å². The van der Waals surface area contributed by atoms with Crippen LogP contribution in [0, 0.1) is 5.41 Å². The molecule has 2 saturated heterocycles. The summed E-state index contributed by atoms with van der Waals surface area (Å²) in [5.41, 5.74) is 1.61. The predicted molar refractivity (Wildman–Crippen MR) is 114 cm³/mol. The fourth-order valence-electron chi connectivity index (χ4n) is 4.58. The maximum absolute atomic E-state index is 5.68. The summed E-state index contributed by atoms with van der Waals surface area (Å²) in [5.74, 6) is 1.91. The van der Waals surface area contributed by atoms with Gasteiger partial charge in [0.2, 0.25) is 0 Å². The van der Waals surface area contributed by atoms with Gasteiger partial charge in [0.15, 0.2) is 5.96 Å². The second-order valence-electron chi connectivity index (χ2n) is 7.92. The molecule has 1 aromatic rings. The van der Waals surface area contributed by atoms with Gasteiger partial charge in [0.1, 0.15) is 5.75 Å². The second-order valence-corrected chi connectivity index (χ2v) is 7.92. The third-order valence-electron chi connectivity index (χ3n) is 6.32. The van der Waals surface area contributed by atoms with E-state index >= 15 is 0 Å². The molecule has 6 nitrogen and oxygen atoms in total. The Morgan fingerprint density at radius 1 is 1.36 bits per heavy atom. The Bertz CT molecular complexity index is 654. The van der Waals surface area contributed by atoms with Crippen molar-refractivity contribution >= 4 is 5.96 Å². The zero-order valence-corrected chi connectivity index (χ0v) is 17.9. The zero-order valence-electron chi connectivity index (χ0n) is 17.9. The lowest BCUT2D eigenvalue weighted by Crippen LogP contribution is -2.45. The number of guanidine groups is 1. The van der Waals surface area contributed by atoms with E-state index in [2.05, 4.69) is 52.2 Å². The van der Waals surface area contributed by atoms with Crippen molar-refractivity contribution in [2.24, 2.45) is 10.4 Å². The quantitative estimate of drug-likeness (QED) is 0.575. The van der Waals surface area contributed by atoms with E-state index < -0.39 is 0 Å². The van der Waals surface area contributed by atoms with Gasteiger partial charge in [0.25, 0.3) is 0 Å². The van der Waals surface area contributed by atoms with Crippen LogP contribution in [0.1, 0.15) is 38.3 Å². The zero-order chi connectivity index (χ0) is 20.0. The second kappa shape index (κ2) is 9.61. The summed E-state index contributed by atoms with van der Waals surface area (Å²) in [5, 5.41) is 3.66. The van der Waals surface area contributed by atoms with E-state index in [4.69, 9.17) is 9.47 Å². The molecule has 2 heterocycles. The molecule has 156 valence electrons. The normalized spacial score (nSPS) is 23.6. The molecule has 0 aliphatic carbocycles. The van der Waals surface area contributed by atoms with Crippen molar-refractivity contribution in [1.82, 2.24) is 15.1 Å². The molecule has 2 atom stereocenters. The van der Waals surface area contributed by atoms with Crippen LogP contribution in [0.4, 0.5) is 0 Å². The molecule has 1 aromatic carbocycles. The topological polar surface area (TPSA) is 49.3 Å². The van der Waals surface area contributed by atoms with Gasteiger partial charge in [-0.2, -0.15) is 0 Å². The third kappa shape index (κ3) is 4.61. The number of rotatable bonds is 7. The molecule has 1 spiro atoms. The van der Waals surface area contributed by atoms with Gasteiger partial charge < -0.3 is 19.7 Å². The number of methoxy groups -OCH3 is 1. The molecule has 3 rings (SSSR count). The van der Waals surface area contributed by atoms with Crippen LogP contribution in [-0.4, -0.2) is 75.9 Å². The van der Waals surface area contributed by atoms with Crippen LogP contribution < -0.4 is 10.1 Å². The molecule has 1 N–H and O–H groups in total. The average molecular weight is 389 g/mol. The lowest BCUT2D eigenvalue weighted by Gasteiger charge is -2.32. The van der Waals surface area contributed by atoms with Gasteiger partial charge in [-0.15, -0.1) is 0 Å². The number of likely N-dealkylation sites (tertiary alicyclic amines) is 1. The highest BCUT2D eigenvalue weighted by atomic mass is 16.5. The first-order valence-corrected chi connectivity index (χ1v) is 10.6. The first-order chi connectivity index (χ1) is 13.6. The number of likely N-dealkylation sites (N-methyl/N-ethyl adjacent to an activating group) is 1. The Balaban J connectivity index is 1.69. The molecule has 2 aliphatic heterocycles. The van der Waals surface area contributed by atoms with Crippen molar-refractivity contribution in [2.75, 3.05) is 60.1 Å². The lowest BCUT2D eigenvalue weighted by molar-refractivity contribution is 0.156. The summed E-state index contributed by atoms with van der Waals surface area (Å²) in [6.45, 7) is 11.2. The van der Waals surface area contributed by atoms with Crippen molar-refractivity contribution in [3.8, 4) is 5.75 Å². The van der Waals surface area contributed by atoms with Crippen molar-refractivity contribution in [3.63, 3.8) is 0 Å². The van der Waals surface area contributed by atoms with Gasteiger partial charge in [-0.05, 0) is 43.6 Å². The number of benzene rings is 1. The Morgan fingerprint density at radius 2 is 2.18 bits per heavy atom. The molecule has 2 unspecified atom stereocenters. The van der Waals surface area contributed by atoms with E-state index in [9.17, 15) is 0 Å². The number of nitrogens with zero attached hydrogens (tertiary/aromatic N) is 3. The number of nitrogens with one attached hydrogen (secondary N) is 1. The standard InChI is InChI=1S/C22H36N4O2/c1-5-25(6-2)20(18-8-7-9-19(14-18)27-4)15-24-21(23-3)26-12-10-22(16-26)11-13-28-17-22/h7-9,14,20H,5-6,10-13,15-17H2,1-4H3,(H,23,24). The maximum Gasteiger partial charge on any atom is 0.193 e. The van der Waals surface area contributed by atoms with Crippen LogP contribution in [0.2, 0.25) is 0 Å². The summed E-state index contributed by atoms with van der Waals surface area (Å²) < 4.78 is 11.1. The van der Waals surface area contributed by atoms with Crippen molar-refractivity contribution in [1.29, 1.82) is 0 Å². The molecular formula is C22H36N4O2. The largest absolute Gasteiger partial charge is 0.497 e. The van der Waals surface area contributed by atoms with Gasteiger partial charge in [0.05, 0.1) is 19.8 Å². The highest BCUT2D eigenvalue weighted by molar-refractivity contribution is 5.80. The van der Waals surface area contributed by atoms with Crippen LogP contribution in [-0.2, 0) is 4.74 Å². The van der Waals surface area contributed by atoms with Crippen LogP contribution in [0.5, 0.6) is 5.75 Å². The highest BCUT2D eigenvalue weighted by Gasteiger charge is 2.42. The fraction of sp³-hybridized carbons (Fsp3) is 0.682. The summed E-state index contributed by atoms with van der Waals surface area (Å²) in [4.78, 5) is 9.46. The number of hydrogen-bond acceptors (Lipinski definition) is 4. The molecule has 2 fully saturated rings. The minimum Gasteiger partial charge on any atom is -0.497 e. The molecule has 0 aromatic heterocycles. The molecule has 6 heteroatoms. The van der Waals surface area contributed by atoms with Crippen LogP contribution in [0.15, 0.2) is 29.3 Å². The first kappa shape index (κ1) is 20.9. The molecule has 0 amide bonds. The van der Waals surface area contributed by atoms with Crippen LogP contribution >= 0.6 is 0 Å². The van der Waals surface area contributed by atoms with Gasteiger partial charge in [-0.3, -0.25) is 9.89 Å². The number of aliphatic imine (C=N–C) groups is 1. The summed E-state index contributed by atoms with van der Waals surface area (Å²) in [7, 11) is 3.61. The fourth-order valence-corrected chi connectivity index (χ4v) is 4.58. The summed E-state index contributed by atoms with van der Waals surface area (Å²) >= 11 is 0. The number of hydrogen-bond donors (Lipinski definition) is 1. The van der Waals surface area contributed by atoms with Crippen molar-refractivity contribution in [3.05, 3.63) is 29.8 Å². The third-order valence-corrected chi connectivity index (χ3v) is 6.32. The van der Waals surface area contributed by atoms with Crippen LogP contribution in [0.25, 0.3) is 0 Å². The minimum atomic E-state index is 0.272. The van der Waals surface area contributed by atoms with E-state index in [0.29, 0.717) is 5.41 Å². The molecule has 0 bridgehead atoms. The van der Waals surface area contributed by atoms with E-state index in [1.54, 1.807) is 7.11 Å². The van der Waals surface area contributed by atoms with Crippen molar-refractivity contribution in [2.45, 2.75) is 32.7 Å². The summed E-state index contributed by atoms with van der Waals surface area (Å²) in [6, 6.07) is 8.69. The Morgan fingerprint density at radius 3 is 2.82 bits per heavy atom. The Kier molecular flexibility index (Phi) is 7.18. The first-order valence-electron chi connectivity index (χ1n) is 10.6. The molecular weight excluding hydrogens is 352 g/mol. The predicted octanol–water partition coefficient (Wildman–Crippen LogP) is 2.77. The number of ether oxygens (including phenoxy) is 2. The Labute approximate surface area is 169 Å². The average Bonchev–Trinajstić information content (AvgIpc) is 3.37. The van der Waals surface area contributed by atoms with Crippen LogP contribution in [0.3, 0.4) is 0 Å². The van der Waals surface area contributed by atoms with Gasteiger partial charge in [-0.1, -0.05) is 26.0 Å². The Hall–Kier alpha value is -1.79. The van der Waals surface area contributed by atoms with E-state index in [0.717, 1.165) is 57.6 Å². The monoisotopic (exact) mass is 388 g/mol. The molecule has 2 aliphatic rings. The SMILES string of the molecule is CCN(CC)C(CNC(=NC)N1CCC2(CCOC2)C1)c1cccc(OC)c1. The summed E-state index contributed by atoms with van der Waals surface area (Å²) in [6.07, 6.45) is 2.37.